The normalized spacial score (nSPS) is 12.4. The average molecular weight is 352 g/mol. The summed E-state index contributed by atoms with van der Waals surface area (Å²) in [6, 6.07) is 5.02. The second-order valence-electron chi connectivity index (χ2n) is 5.04. The molecule has 9 heteroatoms. The molecule has 0 radical (unpaired) electrons. The van der Waals surface area contributed by atoms with Crippen molar-refractivity contribution in [1.29, 1.82) is 0 Å². The number of unbranched alkanes of at least 4 members (excludes halogenated alkanes) is 1. The lowest BCUT2D eigenvalue weighted by molar-refractivity contribution is -0.150. The van der Waals surface area contributed by atoms with E-state index in [2.05, 4.69) is 5.32 Å². The summed E-state index contributed by atoms with van der Waals surface area (Å²) < 4.78 is 61.9. The Labute approximate surface area is 133 Å². The monoisotopic (exact) mass is 352 g/mol. The molecular formula is C14H19F3N2O3S. The maximum absolute atomic E-state index is 12.2. The van der Waals surface area contributed by atoms with Crippen LogP contribution < -0.4 is 5.32 Å². The highest BCUT2D eigenvalue weighted by atomic mass is 32.2. The molecule has 0 heterocycles. The van der Waals surface area contributed by atoms with E-state index in [4.69, 9.17) is 0 Å². The van der Waals surface area contributed by atoms with E-state index >= 15 is 0 Å². The molecule has 23 heavy (non-hydrogen) atoms. The number of carbonyl (C=O) groups is 1. The van der Waals surface area contributed by atoms with Gasteiger partial charge in [0.05, 0.1) is 4.90 Å². The van der Waals surface area contributed by atoms with Gasteiger partial charge in [-0.15, -0.1) is 0 Å². The van der Waals surface area contributed by atoms with E-state index in [1.165, 1.54) is 35.6 Å². The first-order chi connectivity index (χ1) is 10.6. The summed E-state index contributed by atoms with van der Waals surface area (Å²) in [5, 5.41) is 2.07. The average Bonchev–Trinajstić information content (AvgIpc) is 2.43. The van der Waals surface area contributed by atoms with Crippen molar-refractivity contribution < 1.29 is 26.4 Å². The largest absolute Gasteiger partial charge is 0.397 e. The Morgan fingerprint density at radius 1 is 1.22 bits per heavy atom. The molecule has 130 valence electrons. The third-order valence-electron chi connectivity index (χ3n) is 3.03. The van der Waals surface area contributed by atoms with Crippen molar-refractivity contribution in [2.45, 2.75) is 37.3 Å². The smallest absolute Gasteiger partial charge is 0.326 e. The molecule has 0 bridgehead atoms. The first-order valence-electron chi connectivity index (χ1n) is 6.99. The van der Waals surface area contributed by atoms with Gasteiger partial charge in [-0.25, -0.2) is 12.7 Å². The number of alkyl halides is 3. The lowest BCUT2D eigenvalue weighted by atomic mass is 10.3. The van der Waals surface area contributed by atoms with Crippen LogP contribution >= 0.6 is 0 Å². The van der Waals surface area contributed by atoms with Crippen LogP contribution in [0.1, 0.15) is 26.2 Å². The summed E-state index contributed by atoms with van der Waals surface area (Å²) in [6.45, 7) is 2.32. The molecule has 0 aliphatic carbocycles. The summed E-state index contributed by atoms with van der Waals surface area (Å²) in [6.07, 6.45) is -4.60. The molecule has 0 aliphatic heterocycles. The fourth-order valence-electron chi connectivity index (χ4n) is 1.78. The van der Waals surface area contributed by atoms with E-state index in [-0.39, 0.29) is 10.6 Å². The molecule has 1 amide bonds. The molecule has 0 spiro atoms. The molecule has 0 unspecified atom stereocenters. The van der Waals surface area contributed by atoms with Crippen LogP contribution in [0.5, 0.6) is 0 Å². The number of sulfonamides is 1. The zero-order chi connectivity index (χ0) is 17.7. The summed E-state index contributed by atoms with van der Waals surface area (Å²) in [5.41, 5.74) is 0.106. The van der Waals surface area contributed by atoms with Gasteiger partial charge in [0.15, 0.2) is 0 Å². The van der Waals surface area contributed by atoms with Crippen LogP contribution in [0.15, 0.2) is 29.2 Å². The molecule has 0 saturated carbocycles. The van der Waals surface area contributed by atoms with Crippen molar-refractivity contribution in [1.82, 2.24) is 4.31 Å². The van der Waals surface area contributed by atoms with E-state index in [0.29, 0.717) is 6.54 Å². The molecule has 0 saturated heterocycles. The Bertz CT molecular complexity index is 628. The summed E-state index contributed by atoms with van der Waals surface area (Å²) in [7, 11) is -2.18. The predicted molar refractivity (Wildman–Crippen MR) is 80.5 cm³/mol. The topological polar surface area (TPSA) is 66.5 Å². The molecule has 0 aromatic heterocycles. The number of rotatable bonds is 7. The minimum absolute atomic E-state index is 0.0184. The lowest BCUT2D eigenvalue weighted by Crippen LogP contribution is -2.28. The van der Waals surface area contributed by atoms with Crippen molar-refractivity contribution in [3.8, 4) is 0 Å². The Morgan fingerprint density at radius 2 is 1.78 bits per heavy atom. The number of hydrogen-bond acceptors (Lipinski definition) is 3. The highest BCUT2D eigenvalue weighted by molar-refractivity contribution is 7.89. The lowest BCUT2D eigenvalue weighted by Gasteiger charge is -2.17. The van der Waals surface area contributed by atoms with Crippen LogP contribution in [0.2, 0.25) is 0 Å². The van der Waals surface area contributed by atoms with Crippen molar-refractivity contribution in [3.05, 3.63) is 24.3 Å². The van der Waals surface area contributed by atoms with Crippen LogP contribution in [-0.2, 0) is 14.8 Å². The van der Waals surface area contributed by atoms with Gasteiger partial charge in [-0.05, 0) is 30.7 Å². The number of amides is 1. The van der Waals surface area contributed by atoms with Crippen LogP contribution in [0.25, 0.3) is 0 Å². The van der Waals surface area contributed by atoms with Gasteiger partial charge in [0.25, 0.3) is 0 Å². The number of anilines is 1. The number of nitrogens with one attached hydrogen (secondary N) is 1. The Kier molecular flexibility index (Phi) is 6.57. The predicted octanol–water partition coefficient (Wildman–Crippen LogP) is 3.00. The molecule has 1 aromatic rings. The van der Waals surface area contributed by atoms with Crippen molar-refractivity contribution in [2.24, 2.45) is 0 Å². The van der Waals surface area contributed by atoms with Crippen LogP contribution in [0, 0.1) is 0 Å². The van der Waals surface area contributed by atoms with Crippen molar-refractivity contribution >= 4 is 21.6 Å². The molecular weight excluding hydrogens is 333 g/mol. The number of carbonyl (C=O) groups excluding carboxylic acids is 1. The van der Waals surface area contributed by atoms with E-state index in [0.717, 1.165) is 12.8 Å². The SMILES string of the molecule is CCCCN(C)S(=O)(=O)c1ccc(NC(=O)CC(F)(F)F)cc1. The fourth-order valence-corrected chi connectivity index (χ4v) is 2.99. The van der Waals surface area contributed by atoms with Gasteiger partial charge >= 0.3 is 6.18 Å². The highest BCUT2D eigenvalue weighted by Gasteiger charge is 2.31. The maximum Gasteiger partial charge on any atom is 0.397 e. The number of benzene rings is 1. The fraction of sp³-hybridized carbons (Fsp3) is 0.500. The van der Waals surface area contributed by atoms with Crippen molar-refractivity contribution in [2.75, 3.05) is 18.9 Å². The van der Waals surface area contributed by atoms with Gasteiger partial charge < -0.3 is 5.32 Å². The third kappa shape index (κ3) is 6.19. The first-order valence-corrected chi connectivity index (χ1v) is 8.43. The first kappa shape index (κ1) is 19.4. The van der Waals surface area contributed by atoms with Gasteiger partial charge in [0, 0.05) is 19.3 Å². The molecule has 5 nitrogen and oxygen atoms in total. The van der Waals surface area contributed by atoms with Crippen molar-refractivity contribution in [3.63, 3.8) is 0 Å². The Balaban J connectivity index is 2.78. The Hall–Kier alpha value is -1.61. The summed E-state index contributed by atoms with van der Waals surface area (Å²) in [4.78, 5) is 11.2. The van der Waals surface area contributed by atoms with Crippen LogP contribution in [-0.4, -0.2) is 38.4 Å². The van der Waals surface area contributed by atoms with E-state index < -0.39 is 28.5 Å². The molecule has 1 N–H and O–H groups in total. The Morgan fingerprint density at radius 3 is 2.26 bits per heavy atom. The molecule has 1 aromatic carbocycles. The second kappa shape index (κ2) is 7.78. The molecule has 0 atom stereocenters. The highest BCUT2D eigenvalue weighted by Crippen LogP contribution is 2.21. The number of nitrogens with zero attached hydrogens (tertiary/aromatic N) is 1. The van der Waals surface area contributed by atoms with Crippen LogP contribution in [0.3, 0.4) is 0 Å². The van der Waals surface area contributed by atoms with E-state index in [1.54, 1.807) is 0 Å². The van der Waals surface area contributed by atoms with Gasteiger partial charge in [-0.2, -0.15) is 13.2 Å². The maximum atomic E-state index is 12.2. The van der Waals surface area contributed by atoms with Gasteiger partial charge in [0.1, 0.15) is 6.42 Å². The minimum Gasteiger partial charge on any atom is -0.326 e. The molecule has 1 rings (SSSR count). The van der Waals surface area contributed by atoms with Gasteiger partial charge in [-0.3, -0.25) is 4.79 Å². The standard InChI is InChI=1S/C14H19F3N2O3S/c1-3-4-9-19(2)23(21,22)12-7-5-11(6-8-12)18-13(20)10-14(15,16)17/h5-8H,3-4,9-10H2,1-2H3,(H,18,20). The molecule has 0 aliphatic rings. The number of hydrogen-bond donors (Lipinski definition) is 1. The summed E-state index contributed by atoms with van der Waals surface area (Å²) in [5.74, 6) is -1.20. The zero-order valence-electron chi connectivity index (χ0n) is 12.9. The minimum atomic E-state index is -4.59. The van der Waals surface area contributed by atoms with E-state index in [1.807, 2.05) is 6.92 Å². The van der Waals surface area contributed by atoms with Gasteiger partial charge in [-0.1, -0.05) is 13.3 Å². The zero-order valence-corrected chi connectivity index (χ0v) is 13.7. The van der Waals surface area contributed by atoms with Gasteiger partial charge in [0.2, 0.25) is 15.9 Å². The van der Waals surface area contributed by atoms with Crippen LogP contribution in [0.4, 0.5) is 18.9 Å². The van der Waals surface area contributed by atoms with E-state index in [9.17, 15) is 26.4 Å². The molecule has 0 fully saturated rings. The summed E-state index contributed by atoms with van der Waals surface area (Å²) >= 11 is 0. The number of halogens is 3. The third-order valence-corrected chi connectivity index (χ3v) is 4.90. The quantitative estimate of drug-likeness (QED) is 0.820. The second-order valence-corrected chi connectivity index (χ2v) is 7.09.